The van der Waals surface area contributed by atoms with E-state index in [1.165, 1.54) is 0 Å². The molecule has 0 unspecified atom stereocenters. The molecule has 7 nitrogen and oxygen atoms in total. The molecule has 0 spiro atoms. The Morgan fingerprint density at radius 3 is 2.36 bits per heavy atom. The van der Waals surface area contributed by atoms with Crippen LogP contribution in [0.2, 0.25) is 0 Å². The van der Waals surface area contributed by atoms with E-state index < -0.39 is 5.97 Å². The van der Waals surface area contributed by atoms with E-state index in [1.54, 1.807) is 0 Å². The molecule has 2 aromatic rings. The summed E-state index contributed by atoms with van der Waals surface area (Å²) in [4.78, 5) is 22.1. The summed E-state index contributed by atoms with van der Waals surface area (Å²) in [5.41, 5.74) is 0.865. The Kier molecular flexibility index (Phi) is 8.65. The second-order valence-corrected chi connectivity index (χ2v) is 5.89. The van der Waals surface area contributed by atoms with Crippen molar-refractivity contribution in [2.24, 2.45) is 0 Å². The van der Waals surface area contributed by atoms with Crippen LogP contribution in [0, 0.1) is 0 Å². The first-order valence-electron chi connectivity index (χ1n) is 9.13. The molecule has 2 aromatic carbocycles. The Labute approximate surface area is 164 Å². The normalized spacial score (nSPS) is 10.2. The summed E-state index contributed by atoms with van der Waals surface area (Å²) in [5, 5.41) is 11.3. The number of carbonyl (C=O) groups is 2. The molecule has 7 heteroatoms. The molecular weight excluding hydrogens is 362 g/mol. The number of benzene rings is 2. The lowest BCUT2D eigenvalue weighted by atomic mass is 10.2. The fourth-order valence-electron chi connectivity index (χ4n) is 2.41. The maximum atomic E-state index is 11.6. The fraction of sp³-hybridized carbons (Fsp3) is 0.333. The maximum absolute atomic E-state index is 11.6. The summed E-state index contributed by atoms with van der Waals surface area (Å²) in [6.45, 7) is 3.51. The molecule has 0 aliphatic carbocycles. The Hall–Kier alpha value is -3.22. The molecule has 150 valence electrons. The Bertz CT molecular complexity index is 777. The predicted octanol–water partition coefficient (Wildman–Crippen LogP) is 3.02. The summed E-state index contributed by atoms with van der Waals surface area (Å²) < 4.78 is 16.9. The highest BCUT2D eigenvalue weighted by Crippen LogP contribution is 2.26. The van der Waals surface area contributed by atoms with Gasteiger partial charge in [0.25, 0.3) is 0 Å². The lowest BCUT2D eigenvalue weighted by molar-refractivity contribution is -0.138. The summed E-state index contributed by atoms with van der Waals surface area (Å²) in [6.07, 6.45) is -0.215. The number of hydrogen-bond acceptors (Lipinski definition) is 5. The number of hydrogen-bond donors (Lipinski definition) is 2. The highest BCUT2D eigenvalue weighted by Gasteiger charge is 2.06. The fourth-order valence-corrected chi connectivity index (χ4v) is 2.41. The van der Waals surface area contributed by atoms with Gasteiger partial charge in [0.1, 0.15) is 19.0 Å². The molecule has 0 fully saturated rings. The van der Waals surface area contributed by atoms with Crippen LogP contribution >= 0.6 is 0 Å². The summed E-state index contributed by atoms with van der Waals surface area (Å²) in [6, 6.07) is 14.8. The minimum absolute atomic E-state index is 0.0356. The molecule has 0 aliphatic heterocycles. The lowest BCUT2D eigenvalue weighted by Crippen LogP contribution is -2.23. The van der Waals surface area contributed by atoms with Crippen molar-refractivity contribution in [3.8, 4) is 17.2 Å². The van der Waals surface area contributed by atoms with Crippen LogP contribution in [0.25, 0.3) is 0 Å². The summed E-state index contributed by atoms with van der Waals surface area (Å²) in [7, 11) is 0. The first-order valence-corrected chi connectivity index (χ1v) is 9.13. The van der Waals surface area contributed by atoms with Gasteiger partial charge < -0.3 is 24.6 Å². The van der Waals surface area contributed by atoms with Crippen LogP contribution in [-0.2, 0) is 16.1 Å². The molecule has 0 heterocycles. The standard InChI is InChI=1S/C21H25NO6/c1-2-26-18-8-3-4-9-19(18)28-13-12-27-17-7-5-6-16(14-17)15-22-20(23)10-11-21(24)25/h3-9,14H,2,10-13,15H2,1H3,(H,22,23)(H,24,25). The first kappa shape index (κ1) is 21.1. The van der Waals surface area contributed by atoms with Crippen molar-refractivity contribution in [2.75, 3.05) is 19.8 Å². The van der Waals surface area contributed by atoms with Crippen molar-refractivity contribution >= 4 is 11.9 Å². The van der Waals surface area contributed by atoms with Gasteiger partial charge >= 0.3 is 5.97 Å². The zero-order valence-corrected chi connectivity index (χ0v) is 15.8. The van der Waals surface area contributed by atoms with E-state index in [4.69, 9.17) is 19.3 Å². The molecular formula is C21H25NO6. The van der Waals surface area contributed by atoms with Gasteiger partial charge in [-0.15, -0.1) is 0 Å². The van der Waals surface area contributed by atoms with Crippen LogP contribution in [-0.4, -0.2) is 36.8 Å². The van der Waals surface area contributed by atoms with E-state index in [9.17, 15) is 9.59 Å². The minimum Gasteiger partial charge on any atom is -0.490 e. The second kappa shape index (κ2) is 11.5. The Morgan fingerprint density at radius 2 is 1.64 bits per heavy atom. The lowest BCUT2D eigenvalue weighted by Gasteiger charge is -2.12. The average Bonchev–Trinajstić information content (AvgIpc) is 2.70. The smallest absolute Gasteiger partial charge is 0.303 e. The third-order valence-electron chi connectivity index (χ3n) is 3.71. The summed E-state index contributed by atoms with van der Waals surface area (Å²) in [5.74, 6) is 0.752. The molecule has 0 aromatic heterocycles. The van der Waals surface area contributed by atoms with Gasteiger partial charge in [-0.05, 0) is 36.8 Å². The van der Waals surface area contributed by atoms with Crippen molar-refractivity contribution in [1.82, 2.24) is 5.32 Å². The molecule has 1 amide bonds. The van der Waals surface area contributed by atoms with Gasteiger partial charge in [0.15, 0.2) is 11.5 Å². The van der Waals surface area contributed by atoms with Gasteiger partial charge in [0.2, 0.25) is 5.91 Å². The van der Waals surface area contributed by atoms with Crippen molar-refractivity contribution in [3.63, 3.8) is 0 Å². The van der Waals surface area contributed by atoms with Crippen LogP contribution in [0.5, 0.6) is 17.2 Å². The van der Waals surface area contributed by atoms with E-state index in [0.29, 0.717) is 43.6 Å². The van der Waals surface area contributed by atoms with E-state index in [2.05, 4.69) is 5.32 Å². The number of aliphatic carboxylic acids is 1. The number of carboxylic acid groups (broad SMARTS) is 1. The monoisotopic (exact) mass is 387 g/mol. The van der Waals surface area contributed by atoms with E-state index in [1.807, 2.05) is 55.5 Å². The molecule has 2 rings (SSSR count). The second-order valence-electron chi connectivity index (χ2n) is 5.89. The van der Waals surface area contributed by atoms with Gasteiger partial charge in [-0.3, -0.25) is 9.59 Å². The van der Waals surface area contributed by atoms with Gasteiger partial charge in [-0.25, -0.2) is 0 Å². The van der Waals surface area contributed by atoms with Crippen LogP contribution in [0.3, 0.4) is 0 Å². The summed E-state index contributed by atoms with van der Waals surface area (Å²) >= 11 is 0. The Balaban J connectivity index is 1.75. The quantitative estimate of drug-likeness (QED) is 0.544. The molecule has 0 radical (unpaired) electrons. The number of ether oxygens (including phenoxy) is 3. The number of rotatable bonds is 12. The topological polar surface area (TPSA) is 94.1 Å². The van der Waals surface area contributed by atoms with E-state index in [-0.39, 0.29) is 18.7 Å². The molecule has 0 saturated heterocycles. The van der Waals surface area contributed by atoms with E-state index in [0.717, 1.165) is 5.56 Å². The molecule has 28 heavy (non-hydrogen) atoms. The average molecular weight is 387 g/mol. The van der Waals surface area contributed by atoms with Crippen molar-refractivity contribution in [3.05, 3.63) is 54.1 Å². The predicted molar refractivity (Wildman–Crippen MR) is 104 cm³/mol. The number of nitrogens with one attached hydrogen (secondary N) is 1. The molecule has 0 atom stereocenters. The van der Waals surface area contributed by atoms with Crippen LogP contribution < -0.4 is 19.5 Å². The SMILES string of the molecule is CCOc1ccccc1OCCOc1cccc(CNC(=O)CCC(=O)O)c1. The van der Waals surface area contributed by atoms with Gasteiger partial charge in [0, 0.05) is 13.0 Å². The van der Waals surface area contributed by atoms with Crippen molar-refractivity contribution < 1.29 is 28.9 Å². The van der Waals surface area contributed by atoms with Crippen LogP contribution in [0.1, 0.15) is 25.3 Å². The highest BCUT2D eigenvalue weighted by atomic mass is 16.5. The maximum Gasteiger partial charge on any atom is 0.303 e. The van der Waals surface area contributed by atoms with Gasteiger partial charge in [0.05, 0.1) is 13.0 Å². The minimum atomic E-state index is -0.989. The van der Waals surface area contributed by atoms with Crippen molar-refractivity contribution in [2.45, 2.75) is 26.3 Å². The van der Waals surface area contributed by atoms with Crippen molar-refractivity contribution in [1.29, 1.82) is 0 Å². The molecule has 0 saturated carbocycles. The number of amides is 1. The third kappa shape index (κ3) is 7.57. The zero-order valence-electron chi connectivity index (χ0n) is 15.8. The highest BCUT2D eigenvalue weighted by molar-refractivity contribution is 5.80. The van der Waals surface area contributed by atoms with Gasteiger partial charge in [-0.1, -0.05) is 24.3 Å². The zero-order chi connectivity index (χ0) is 20.2. The van der Waals surface area contributed by atoms with Gasteiger partial charge in [-0.2, -0.15) is 0 Å². The largest absolute Gasteiger partial charge is 0.490 e. The molecule has 0 aliphatic rings. The third-order valence-corrected chi connectivity index (χ3v) is 3.71. The van der Waals surface area contributed by atoms with Crippen LogP contribution in [0.4, 0.5) is 0 Å². The van der Waals surface area contributed by atoms with E-state index >= 15 is 0 Å². The Morgan fingerprint density at radius 1 is 0.929 bits per heavy atom. The van der Waals surface area contributed by atoms with Crippen LogP contribution in [0.15, 0.2) is 48.5 Å². The first-order chi connectivity index (χ1) is 13.6. The number of carbonyl (C=O) groups excluding carboxylic acids is 1. The number of carboxylic acids is 1. The number of para-hydroxylation sites is 2. The molecule has 2 N–H and O–H groups in total. The molecule has 0 bridgehead atoms.